The number of anilines is 1. The molecule has 1 aromatic heterocycles. The molecule has 120 valence electrons. The first-order valence-corrected chi connectivity index (χ1v) is 12.0. The van der Waals surface area contributed by atoms with E-state index >= 15 is 0 Å². The summed E-state index contributed by atoms with van der Waals surface area (Å²) < 4.78 is 0.903. The van der Waals surface area contributed by atoms with Crippen LogP contribution in [0.3, 0.4) is 0 Å². The summed E-state index contributed by atoms with van der Waals surface area (Å²) in [5, 5.41) is 3.16. The van der Waals surface area contributed by atoms with Crippen LogP contribution < -0.4 is 14.3 Å². The summed E-state index contributed by atoms with van der Waals surface area (Å²) in [6, 6.07) is 14.6. The van der Waals surface area contributed by atoms with E-state index in [1.165, 1.54) is 0 Å². The van der Waals surface area contributed by atoms with Crippen LogP contribution in [0, 0.1) is 0 Å². The van der Waals surface area contributed by atoms with Gasteiger partial charge in [0.05, 0.1) is 0 Å². The van der Waals surface area contributed by atoms with Gasteiger partial charge in [-0.2, -0.15) is 0 Å². The molecule has 2 aromatic carbocycles. The van der Waals surface area contributed by atoms with E-state index in [0.717, 1.165) is 14.7 Å². The Bertz CT molecular complexity index is 885. The topological polar surface area (TPSA) is 58.1 Å². The standard InChI is InChI=1S/C16H12ClN4O.CH3.Sn/c1-21(20-16(22)11-6-8-12(17)9-7-11)15-13-4-2-3-5-14(13)18-10-19-15;;/h2-9H,1H3,(H,20,22);1H3;. The molecule has 3 aromatic rings. The van der Waals surface area contributed by atoms with Gasteiger partial charge in [-0.05, 0) is 0 Å². The van der Waals surface area contributed by atoms with Crippen molar-refractivity contribution in [2.24, 2.45) is 0 Å². The van der Waals surface area contributed by atoms with Gasteiger partial charge in [-0.25, -0.2) is 0 Å². The quantitative estimate of drug-likeness (QED) is 0.495. The predicted molar refractivity (Wildman–Crippen MR) is 98.1 cm³/mol. The van der Waals surface area contributed by atoms with Gasteiger partial charge in [0.1, 0.15) is 0 Å². The molecule has 5 nitrogen and oxygen atoms in total. The van der Waals surface area contributed by atoms with E-state index in [4.69, 9.17) is 11.6 Å². The average molecular weight is 445 g/mol. The first-order valence-electron chi connectivity index (χ1n) is 7.33. The molecule has 0 aliphatic heterocycles. The number of hydrazine groups is 1. The predicted octanol–water partition coefficient (Wildman–Crippen LogP) is 2.44. The Balaban J connectivity index is 1.92. The molecular weight excluding hydrogens is 430 g/mol. The molecule has 0 bridgehead atoms. The number of nitrogens with zero attached hydrogens (tertiary/aromatic N) is 3. The van der Waals surface area contributed by atoms with E-state index in [0.29, 0.717) is 16.4 Å². The third-order valence-corrected chi connectivity index (χ3v) is 5.67. The van der Waals surface area contributed by atoms with E-state index in [9.17, 15) is 4.79 Å². The molecule has 24 heavy (non-hydrogen) atoms. The summed E-state index contributed by atoms with van der Waals surface area (Å²) in [5.74, 6) is 0.496. The molecule has 0 spiro atoms. The summed E-state index contributed by atoms with van der Waals surface area (Å²) in [5.41, 5.74) is 4.29. The minimum atomic E-state index is -0.784. The zero-order valence-corrected chi connectivity index (χ0v) is 16.9. The number of carbonyl (C=O) groups excluding carboxylic acids is 1. The Labute approximate surface area is 155 Å². The zero-order valence-electron chi connectivity index (χ0n) is 13.2. The van der Waals surface area contributed by atoms with Gasteiger partial charge in [-0.3, -0.25) is 0 Å². The third kappa shape index (κ3) is 3.62. The van der Waals surface area contributed by atoms with Crippen molar-refractivity contribution in [3.05, 3.63) is 59.1 Å². The molecule has 0 unspecified atom stereocenters. The number of benzene rings is 2. The number of rotatable bonds is 4. The van der Waals surface area contributed by atoms with Gasteiger partial charge in [0.15, 0.2) is 0 Å². The van der Waals surface area contributed by atoms with Crippen molar-refractivity contribution < 1.29 is 4.79 Å². The van der Waals surface area contributed by atoms with Gasteiger partial charge >= 0.3 is 156 Å². The summed E-state index contributed by atoms with van der Waals surface area (Å²) in [4.78, 5) is 23.8. The minimum absolute atomic E-state index is 0.213. The zero-order chi connectivity index (χ0) is 17.1. The molecule has 0 atom stereocenters. The number of nitrogens with one attached hydrogen (secondary N) is 1. The summed E-state index contributed by atoms with van der Waals surface area (Å²) >= 11 is 5.08. The number of para-hydroxylation sites is 1. The Morgan fingerprint density at radius 3 is 2.54 bits per heavy atom. The van der Waals surface area contributed by atoms with Crippen molar-refractivity contribution in [2.75, 3.05) is 12.1 Å². The number of halogens is 1. The maximum absolute atomic E-state index is 12.4. The number of carbonyl (C=O) groups is 1. The summed E-state index contributed by atoms with van der Waals surface area (Å²) in [7, 11) is 1.78. The number of aromatic nitrogens is 2. The van der Waals surface area contributed by atoms with Crippen molar-refractivity contribution in [1.82, 2.24) is 15.4 Å². The fourth-order valence-corrected chi connectivity index (χ4v) is 3.71. The average Bonchev–Trinajstić information content (AvgIpc) is 2.61. The van der Waals surface area contributed by atoms with Crippen LogP contribution in [0.25, 0.3) is 10.9 Å². The summed E-state index contributed by atoms with van der Waals surface area (Å²) in [6.45, 7) is 0. The molecule has 0 saturated carbocycles. The van der Waals surface area contributed by atoms with Crippen molar-refractivity contribution in [3.63, 3.8) is 0 Å². The van der Waals surface area contributed by atoms with Crippen LogP contribution >= 0.6 is 11.6 Å². The van der Waals surface area contributed by atoms with E-state index < -0.39 is 21.1 Å². The Morgan fingerprint density at radius 1 is 1.12 bits per heavy atom. The Morgan fingerprint density at radius 2 is 1.83 bits per heavy atom. The molecule has 0 aliphatic rings. The van der Waals surface area contributed by atoms with Crippen molar-refractivity contribution >= 4 is 59.2 Å². The Kier molecular flexibility index (Phi) is 5.20. The van der Waals surface area contributed by atoms with Gasteiger partial charge in [0, 0.05) is 0 Å². The van der Waals surface area contributed by atoms with Crippen LogP contribution in [-0.2, 0) is 0 Å². The molecule has 0 saturated heterocycles. The summed E-state index contributed by atoms with van der Waals surface area (Å²) in [6.07, 6.45) is 0. The molecular formula is C17H15ClN4OSn. The van der Waals surface area contributed by atoms with Gasteiger partial charge in [0.2, 0.25) is 0 Å². The van der Waals surface area contributed by atoms with E-state index in [1.807, 2.05) is 24.3 Å². The first kappa shape index (κ1) is 17.0. The fourth-order valence-electron chi connectivity index (χ4n) is 2.30. The molecule has 3 rings (SSSR count). The van der Waals surface area contributed by atoms with E-state index in [-0.39, 0.29) is 5.91 Å². The molecule has 7 heteroatoms. The van der Waals surface area contributed by atoms with Crippen LogP contribution in [0.15, 0.2) is 48.5 Å². The SMILES string of the molecule is [CH3][Sn][c]1nc(N(C)NC(=O)c2ccc(Cl)cc2)c2ccccc2n1. The van der Waals surface area contributed by atoms with Crippen molar-refractivity contribution in [1.29, 1.82) is 0 Å². The van der Waals surface area contributed by atoms with Gasteiger partial charge < -0.3 is 0 Å². The van der Waals surface area contributed by atoms with Crippen LogP contribution in [0.1, 0.15) is 10.4 Å². The Hall–Kier alpha value is -1.86. The molecule has 0 fully saturated rings. The number of amides is 1. The van der Waals surface area contributed by atoms with E-state index in [2.05, 4.69) is 20.3 Å². The van der Waals surface area contributed by atoms with Gasteiger partial charge in [-0.1, -0.05) is 0 Å². The van der Waals surface area contributed by atoms with Crippen molar-refractivity contribution in [2.45, 2.75) is 4.94 Å². The van der Waals surface area contributed by atoms with Crippen LogP contribution in [0.5, 0.6) is 0 Å². The van der Waals surface area contributed by atoms with Crippen molar-refractivity contribution in [3.8, 4) is 0 Å². The number of fused-ring (bicyclic) bond motifs is 1. The molecule has 2 radical (unpaired) electrons. The fraction of sp³-hybridized carbons (Fsp3) is 0.118. The second-order valence-electron chi connectivity index (χ2n) is 5.14. The van der Waals surface area contributed by atoms with E-state index in [1.54, 1.807) is 36.3 Å². The van der Waals surface area contributed by atoms with Crippen LogP contribution in [0.4, 0.5) is 5.82 Å². The monoisotopic (exact) mass is 446 g/mol. The second-order valence-corrected chi connectivity index (χ2v) is 8.28. The van der Waals surface area contributed by atoms with Crippen LogP contribution in [0.2, 0.25) is 9.96 Å². The molecule has 1 heterocycles. The molecule has 0 aliphatic carbocycles. The normalized spacial score (nSPS) is 10.6. The van der Waals surface area contributed by atoms with Gasteiger partial charge in [0.25, 0.3) is 0 Å². The van der Waals surface area contributed by atoms with Crippen LogP contribution in [-0.4, -0.2) is 44.1 Å². The third-order valence-electron chi connectivity index (χ3n) is 3.50. The van der Waals surface area contributed by atoms with Gasteiger partial charge in [-0.15, -0.1) is 0 Å². The molecule has 1 N–H and O–H groups in total. The second kappa shape index (κ2) is 7.36. The first-order chi connectivity index (χ1) is 11.6. The maximum atomic E-state index is 12.4. The number of hydrogen-bond acceptors (Lipinski definition) is 4. The number of hydrogen-bond donors (Lipinski definition) is 1. The molecule has 1 amide bonds.